The summed E-state index contributed by atoms with van der Waals surface area (Å²) in [6, 6.07) is 62.5. The Morgan fingerprint density at radius 1 is 0.480 bits per heavy atom. The summed E-state index contributed by atoms with van der Waals surface area (Å²) in [4.78, 5) is 0. The average molecular weight is 658 g/mol. The molecule has 238 valence electrons. The topological polar surface area (TPSA) is 12.0 Å². The summed E-state index contributed by atoms with van der Waals surface area (Å²) < 4.78 is 2.59. The third-order valence-electron chi connectivity index (χ3n) is 9.01. The number of fused-ring (bicyclic) bond motifs is 3. The molecule has 0 radical (unpaired) electrons. The normalized spacial score (nSPS) is 12.0. The molecular formula is C48H35NS. The van der Waals surface area contributed by atoms with Crippen molar-refractivity contribution in [2.24, 2.45) is 0 Å². The van der Waals surface area contributed by atoms with E-state index in [2.05, 4.69) is 199 Å². The zero-order valence-corrected chi connectivity index (χ0v) is 28.4. The van der Waals surface area contributed by atoms with Crippen molar-refractivity contribution in [2.75, 3.05) is 5.32 Å². The molecule has 0 bridgehead atoms. The van der Waals surface area contributed by atoms with Gasteiger partial charge in [-0.1, -0.05) is 164 Å². The quantitative estimate of drug-likeness (QED) is 0.152. The molecule has 0 saturated heterocycles. The molecular weight excluding hydrogens is 623 g/mol. The molecule has 8 aromatic rings. The Balaban J connectivity index is 1.21. The van der Waals surface area contributed by atoms with Gasteiger partial charge in [0.15, 0.2) is 0 Å². The molecule has 0 aliphatic carbocycles. The van der Waals surface area contributed by atoms with Gasteiger partial charge in [0.25, 0.3) is 0 Å². The Hall–Kier alpha value is -6.22. The number of anilines is 1. The number of hydrogen-bond acceptors (Lipinski definition) is 2. The maximum Gasteiger partial charge on any atom is 0.0380 e. The van der Waals surface area contributed by atoms with Gasteiger partial charge in [0.2, 0.25) is 0 Å². The van der Waals surface area contributed by atoms with Gasteiger partial charge < -0.3 is 5.32 Å². The van der Waals surface area contributed by atoms with E-state index in [0.29, 0.717) is 0 Å². The van der Waals surface area contributed by atoms with Gasteiger partial charge in [-0.2, -0.15) is 0 Å². The van der Waals surface area contributed by atoms with Crippen LogP contribution in [0.4, 0.5) is 5.69 Å². The molecule has 50 heavy (non-hydrogen) atoms. The van der Waals surface area contributed by atoms with E-state index in [1.165, 1.54) is 64.7 Å². The largest absolute Gasteiger partial charge is 0.362 e. The van der Waals surface area contributed by atoms with Crippen LogP contribution in [0.3, 0.4) is 0 Å². The minimum absolute atomic E-state index is 1.04. The smallest absolute Gasteiger partial charge is 0.0380 e. The number of nitrogens with one attached hydrogen (secondary N) is 1. The lowest BCUT2D eigenvalue weighted by Crippen LogP contribution is -1.90. The number of hydrogen-bond donors (Lipinski definition) is 1. The van der Waals surface area contributed by atoms with Crippen molar-refractivity contribution in [1.82, 2.24) is 0 Å². The molecule has 7 aromatic carbocycles. The van der Waals surface area contributed by atoms with Crippen LogP contribution in [0.15, 0.2) is 200 Å². The number of allylic oxidation sites excluding steroid dienone is 4. The first kappa shape index (κ1) is 31.1. The molecule has 8 rings (SSSR count). The third kappa shape index (κ3) is 6.71. The fraction of sp³-hybridized carbons (Fsp3) is 0. The lowest BCUT2D eigenvalue weighted by molar-refractivity contribution is 1.56. The van der Waals surface area contributed by atoms with Crippen LogP contribution in [-0.4, -0.2) is 0 Å². The van der Waals surface area contributed by atoms with Crippen molar-refractivity contribution in [3.05, 3.63) is 211 Å². The second-order valence-electron chi connectivity index (χ2n) is 12.2. The number of rotatable bonds is 9. The Morgan fingerprint density at radius 3 is 1.82 bits per heavy atom. The second-order valence-corrected chi connectivity index (χ2v) is 13.3. The first-order valence-electron chi connectivity index (χ1n) is 16.9. The van der Waals surface area contributed by atoms with Gasteiger partial charge in [-0.3, -0.25) is 0 Å². The van der Waals surface area contributed by atoms with Crippen LogP contribution < -0.4 is 5.32 Å². The molecule has 1 aromatic heterocycles. The summed E-state index contributed by atoms with van der Waals surface area (Å²) in [6.45, 7) is 0. The average Bonchev–Trinajstić information content (AvgIpc) is 3.56. The first-order chi connectivity index (χ1) is 24.8. The van der Waals surface area contributed by atoms with Crippen molar-refractivity contribution >= 4 is 48.8 Å². The summed E-state index contributed by atoms with van der Waals surface area (Å²) >= 11 is 1.85. The van der Waals surface area contributed by atoms with E-state index in [0.717, 1.165) is 11.3 Å². The summed E-state index contributed by atoms with van der Waals surface area (Å²) in [7, 11) is 0. The van der Waals surface area contributed by atoms with Crippen molar-refractivity contribution in [3.63, 3.8) is 0 Å². The summed E-state index contributed by atoms with van der Waals surface area (Å²) in [6.07, 6.45) is 10.9. The lowest BCUT2D eigenvalue weighted by atomic mass is 9.91. The van der Waals surface area contributed by atoms with E-state index >= 15 is 0 Å². The third-order valence-corrected chi connectivity index (χ3v) is 10.1. The summed E-state index contributed by atoms with van der Waals surface area (Å²) in [5.74, 6) is 0. The zero-order valence-electron chi connectivity index (χ0n) is 27.5. The maximum atomic E-state index is 3.48. The molecule has 1 N–H and O–H groups in total. The highest BCUT2D eigenvalue weighted by Crippen LogP contribution is 2.41. The van der Waals surface area contributed by atoms with E-state index < -0.39 is 0 Å². The Labute approximate surface area is 297 Å². The first-order valence-corrected chi connectivity index (χ1v) is 17.7. The zero-order chi connectivity index (χ0) is 33.5. The van der Waals surface area contributed by atoms with E-state index in [4.69, 9.17) is 0 Å². The van der Waals surface area contributed by atoms with E-state index in [9.17, 15) is 0 Å². The van der Waals surface area contributed by atoms with Crippen molar-refractivity contribution in [1.29, 1.82) is 0 Å². The van der Waals surface area contributed by atoms with Crippen LogP contribution in [0.25, 0.3) is 65.2 Å². The predicted octanol–water partition coefficient (Wildman–Crippen LogP) is 13.8. The fourth-order valence-corrected chi connectivity index (χ4v) is 7.62. The number of thiophene rings is 1. The van der Waals surface area contributed by atoms with Gasteiger partial charge >= 0.3 is 0 Å². The van der Waals surface area contributed by atoms with E-state index in [1.54, 1.807) is 0 Å². The Bertz CT molecular complexity index is 2470. The van der Waals surface area contributed by atoms with Gasteiger partial charge in [-0.15, -0.1) is 11.3 Å². The molecule has 0 saturated carbocycles. The van der Waals surface area contributed by atoms with Crippen molar-refractivity contribution in [3.8, 4) is 33.4 Å². The molecule has 1 heterocycles. The van der Waals surface area contributed by atoms with Crippen LogP contribution in [0.2, 0.25) is 0 Å². The van der Waals surface area contributed by atoms with E-state index in [-0.39, 0.29) is 0 Å². The maximum absolute atomic E-state index is 3.48. The minimum atomic E-state index is 1.04. The van der Waals surface area contributed by atoms with Crippen molar-refractivity contribution < 1.29 is 0 Å². The highest BCUT2D eigenvalue weighted by atomic mass is 32.1. The molecule has 0 spiro atoms. The molecule has 0 fully saturated rings. The fourth-order valence-electron chi connectivity index (χ4n) is 6.49. The van der Waals surface area contributed by atoms with Gasteiger partial charge in [-0.05, 0) is 86.5 Å². The molecule has 1 nitrogen and oxygen atoms in total. The second kappa shape index (κ2) is 14.5. The highest BCUT2D eigenvalue weighted by Gasteiger charge is 2.14. The van der Waals surface area contributed by atoms with Crippen LogP contribution in [0.1, 0.15) is 11.1 Å². The van der Waals surface area contributed by atoms with Crippen LogP contribution in [0, 0.1) is 0 Å². The molecule has 0 amide bonds. The van der Waals surface area contributed by atoms with Gasteiger partial charge in [-0.25, -0.2) is 0 Å². The minimum Gasteiger partial charge on any atom is -0.362 e. The number of benzene rings is 7. The highest BCUT2D eigenvalue weighted by molar-refractivity contribution is 7.25. The van der Waals surface area contributed by atoms with Gasteiger partial charge in [0, 0.05) is 32.1 Å². The molecule has 0 unspecified atom stereocenters. The van der Waals surface area contributed by atoms with Gasteiger partial charge in [0.05, 0.1) is 0 Å². The van der Waals surface area contributed by atoms with Crippen LogP contribution in [-0.2, 0) is 0 Å². The predicted molar refractivity (Wildman–Crippen MR) is 218 cm³/mol. The molecule has 0 atom stereocenters. The molecule has 0 aliphatic rings. The Kier molecular flexibility index (Phi) is 9.01. The van der Waals surface area contributed by atoms with E-state index in [1.807, 2.05) is 23.6 Å². The van der Waals surface area contributed by atoms with Crippen LogP contribution >= 0.6 is 11.3 Å². The lowest BCUT2D eigenvalue weighted by Gasteiger charge is -2.13. The SMILES string of the molecule is C(=C/c1ccccc1-c1ccccc1)/C(=C\C=C\Nc1ccc(-c2ccccc2)cc1)c1cc2sc3ccccc3c2cc1-c1ccccc1. The monoisotopic (exact) mass is 657 g/mol. The molecule has 0 aliphatic heterocycles. The summed E-state index contributed by atoms with van der Waals surface area (Å²) in [5, 5.41) is 6.08. The Morgan fingerprint density at radius 2 is 1.08 bits per heavy atom. The van der Waals surface area contributed by atoms with Gasteiger partial charge in [0.1, 0.15) is 0 Å². The molecule has 2 heteroatoms. The summed E-state index contributed by atoms with van der Waals surface area (Å²) in [5.41, 5.74) is 11.8. The van der Waals surface area contributed by atoms with Crippen LogP contribution in [0.5, 0.6) is 0 Å². The standard InChI is InChI=1S/C48H35NS/c1-4-15-35(16-5-1)36-28-30-41(31-29-36)49-32-14-22-40(27-26-39-21-10-11-23-42(39)37-17-6-2-7-18-37)45-34-48-46(43-24-12-13-25-47(43)50-48)33-44(45)38-19-8-3-9-20-38/h1-34,49H/b27-26-,32-14+,40-22+. The van der Waals surface area contributed by atoms with Crippen molar-refractivity contribution in [2.45, 2.75) is 0 Å².